The second-order valence-electron chi connectivity index (χ2n) is 11.8. The van der Waals surface area contributed by atoms with Gasteiger partial charge in [0.2, 0.25) is 5.91 Å². The summed E-state index contributed by atoms with van der Waals surface area (Å²) in [7, 11) is 2.13. The molecule has 2 aromatic carbocycles. The van der Waals surface area contributed by atoms with Gasteiger partial charge in [0.05, 0.1) is 30.8 Å². The van der Waals surface area contributed by atoms with Gasteiger partial charge in [-0.25, -0.2) is 0 Å². The predicted molar refractivity (Wildman–Crippen MR) is 166 cm³/mol. The number of benzene rings is 2. The van der Waals surface area contributed by atoms with Crippen molar-refractivity contribution in [2.75, 3.05) is 49.6 Å². The van der Waals surface area contributed by atoms with Crippen molar-refractivity contribution in [1.29, 1.82) is 5.26 Å². The minimum Gasteiger partial charge on any atom is -0.508 e. The number of hydrogen-bond acceptors (Lipinski definition) is 9. The third-order valence-electron chi connectivity index (χ3n) is 9.17. The summed E-state index contributed by atoms with van der Waals surface area (Å²) >= 11 is 0. The summed E-state index contributed by atoms with van der Waals surface area (Å²) in [6.07, 6.45) is 4.40. The summed E-state index contributed by atoms with van der Waals surface area (Å²) in [5.74, 6) is 0.898. The SMILES string of the molecule is C=CC(=O)N1CCN(c2nc(O[C@H](C)[C@H]3CCCN3C)nc3c2CCN(c2cc(O)cc4ccccc24)C3)C[C@@H]1CC#N. The van der Waals surface area contributed by atoms with E-state index in [1.54, 1.807) is 11.0 Å². The summed E-state index contributed by atoms with van der Waals surface area (Å²) in [6, 6.07) is 14.3. The van der Waals surface area contributed by atoms with E-state index in [-0.39, 0.29) is 30.2 Å². The van der Waals surface area contributed by atoms with Crippen LogP contribution in [0.5, 0.6) is 11.8 Å². The van der Waals surface area contributed by atoms with E-state index in [1.165, 1.54) is 6.08 Å². The fraction of sp³-hybridized carbons (Fsp3) is 0.455. The van der Waals surface area contributed by atoms with Crippen LogP contribution < -0.4 is 14.5 Å². The number of carbonyl (C=O) groups excluding carboxylic acids is 1. The molecule has 224 valence electrons. The van der Waals surface area contributed by atoms with Gasteiger partial charge in [0.15, 0.2) is 0 Å². The number of ether oxygens (including phenoxy) is 1. The highest BCUT2D eigenvalue weighted by Gasteiger charge is 2.34. The first-order chi connectivity index (χ1) is 20.9. The fourth-order valence-electron chi connectivity index (χ4n) is 6.95. The van der Waals surface area contributed by atoms with E-state index in [1.807, 2.05) is 24.3 Å². The smallest absolute Gasteiger partial charge is 0.318 e. The Hall–Kier alpha value is -4.36. The molecule has 2 fully saturated rings. The van der Waals surface area contributed by atoms with Gasteiger partial charge in [-0.2, -0.15) is 15.2 Å². The number of carbonyl (C=O) groups is 1. The van der Waals surface area contributed by atoms with Crippen LogP contribution >= 0.6 is 0 Å². The van der Waals surface area contributed by atoms with Crippen LogP contribution in [-0.2, 0) is 17.8 Å². The first-order valence-corrected chi connectivity index (χ1v) is 15.1. The van der Waals surface area contributed by atoms with E-state index in [2.05, 4.69) is 47.4 Å². The van der Waals surface area contributed by atoms with E-state index < -0.39 is 0 Å². The molecule has 0 saturated carbocycles. The van der Waals surface area contributed by atoms with Gasteiger partial charge in [-0.1, -0.05) is 30.8 Å². The first kappa shape index (κ1) is 28.7. The van der Waals surface area contributed by atoms with Crippen molar-refractivity contribution in [1.82, 2.24) is 19.8 Å². The topological polar surface area (TPSA) is 109 Å². The van der Waals surface area contributed by atoms with Crippen LogP contribution in [0.4, 0.5) is 11.5 Å². The number of amides is 1. The van der Waals surface area contributed by atoms with Gasteiger partial charge >= 0.3 is 6.01 Å². The molecule has 2 saturated heterocycles. The number of nitrogens with zero attached hydrogens (tertiary/aromatic N) is 7. The maximum atomic E-state index is 12.6. The number of phenols is 1. The molecule has 1 N–H and O–H groups in total. The number of hydrogen-bond donors (Lipinski definition) is 1. The number of phenolic OH excluding ortho intramolecular Hbond substituents is 1. The third-order valence-corrected chi connectivity index (χ3v) is 9.17. The van der Waals surface area contributed by atoms with Crippen molar-refractivity contribution in [2.24, 2.45) is 0 Å². The molecule has 1 aromatic heterocycles. The van der Waals surface area contributed by atoms with Crippen LogP contribution in [0.25, 0.3) is 10.8 Å². The van der Waals surface area contributed by atoms with Crippen LogP contribution in [0.3, 0.4) is 0 Å². The number of aromatic nitrogens is 2. The maximum Gasteiger partial charge on any atom is 0.318 e. The molecule has 3 atom stereocenters. The molecule has 0 aliphatic carbocycles. The summed E-state index contributed by atoms with van der Waals surface area (Å²) in [4.78, 5) is 31.1. The first-order valence-electron chi connectivity index (χ1n) is 15.1. The van der Waals surface area contributed by atoms with Gasteiger partial charge in [-0.3, -0.25) is 9.69 Å². The lowest BCUT2D eigenvalue weighted by molar-refractivity contribution is -0.128. The van der Waals surface area contributed by atoms with Crippen LogP contribution in [0, 0.1) is 11.3 Å². The van der Waals surface area contributed by atoms with Crippen LogP contribution in [-0.4, -0.2) is 88.7 Å². The van der Waals surface area contributed by atoms with Gasteiger partial charge in [-0.15, -0.1) is 0 Å². The van der Waals surface area contributed by atoms with E-state index in [0.717, 1.165) is 59.5 Å². The molecule has 0 bridgehead atoms. The highest BCUT2D eigenvalue weighted by Crippen LogP contribution is 2.37. The van der Waals surface area contributed by atoms with Crippen molar-refractivity contribution >= 4 is 28.2 Å². The summed E-state index contributed by atoms with van der Waals surface area (Å²) in [5.41, 5.74) is 2.93. The Balaban J connectivity index is 1.36. The Bertz CT molecular complexity index is 1570. The summed E-state index contributed by atoms with van der Waals surface area (Å²) in [6.45, 7) is 9.64. The van der Waals surface area contributed by atoms with Gasteiger partial charge in [0.1, 0.15) is 17.7 Å². The Labute approximate surface area is 252 Å². The van der Waals surface area contributed by atoms with Crippen LogP contribution in [0.15, 0.2) is 49.1 Å². The molecule has 43 heavy (non-hydrogen) atoms. The second-order valence-corrected chi connectivity index (χ2v) is 11.8. The van der Waals surface area contributed by atoms with Gasteiger partial charge in [0, 0.05) is 54.9 Å². The highest BCUT2D eigenvalue weighted by atomic mass is 16.5. The van der Waals surface area contributed by atoms with Gasteiger partial charge < -0.3 is 24.5 Å². The average Bonchev–Trinajstić information content (AvgIpc) is 3.45. The number of fused-ring (bicyclic) bond motifs is 2. The third kappa shape index (κ3) is 5.69. The molecular formula is C33H39N7O3. The lowest BCUT2D eigenvalue weighted by atomic mass is 10.0. The predicted octanol–water partition coefficient (Wildman–Crippen LogP) is 3.88. The Morgan fingerprint density at radius 2 is 2.05 bits per heavy atom. The normalized spacial score (nSPS) is 21.4. The number of nitriles is 1. The average molecular weight is 582 g/mol. The zero-order valence-electron chi connectivity index (χ0n) is 24.9. The van der Waals surface area contributed by atoms with Crippen molar-refractivity contribution < 1.29 is 14.6 Å². The van der Waals surface area contributed by atoms with E-state index in [0.29, 0.717) is 44.7 Å². The summed E-state index contributed by atoms with van der Waals surface area (Å²) < 4.78 is 6.47. The standard InChI is InChI=1S/C33H39N7O3/c1-4-31(42)40-17-16-39(20-24(40)11-13-34)32-27-12-15-38(30-19-25(41)18-23-8-5-6-9-26(23)30)21-28(27)35-33(36-32)43-22(2)29-10-7-14-37(29)3/h4-6,8-9,18-19,22,24,29,41H,1,7,10-12,14-17,20-21H2,2-3H3/t22-,24+,29-/m1/s1. The molecule has 6 rings (SSSR count). The minimum absolute atomic E-state index is 0.0819. The molecule has 0 spiro atoms. The Morgan fingerprint density at radius 1 is 1.21 bits per heavy atom. The minimum atomic E-state index is -0.260. The van der Waals surface area contributed by atoms with Crippen molar-refractivity contribution in [2.45, 2.75) is 57.3 Å². The second kappa shape index (κ2) is 12.1. The molecule has 0 radical (unpaired) electrons. The molecule has 3 aliphatic rings. The molecule has 1 amide bonds. The monoisotopic (exact) mass is 581 g/mol. The van der Waals surface area contributed by atoms with Crippen LogP contribution in [0.2, 0.25) is 0 Å². The lowest BCUT2D eigenvalue weighted by Crippen LogP contribution is -2.55. The molecule has 10 nitrogen and oxygen atoms in total. The number of anilines is 2. The fourth-order valence-corrected chi connectivity index (χ4v) is 6.95. The molecular weight excluding hydrogens is 542 g/mol. The van der Waals surface area contributed by atoms with Gasteiger partial charge in [-0.05, 0) is 57.3 Å². The Morgan fingerprint density at radius 3 is 2.81 bits per heavy atom. The van der Waals surface area contributed by atoms with E-state index in [4.69, 9.17) is 14.7 Å². The maximum absolute atomic E-state index is 12.6. The molecule has 4 heterocycles. The quantitative estimate of drug-likeness (QED) is 0.416. The zero-order chi connectivity index (χ0) is 30.1. The van der Waals surface area contributed by atoms with Gasteiger partial charge in [0.25, 0.3) is 0 Å². The Kier molecular flexibility index (Phi) is 8.08. The number of likely N-dealkylation sites (tertiary alicyclic amines) is 1. The lowest BCUT2D eigenvalue weighted by Gasteiger charge is -2.42. The highest BCUT2D eigenvalue weighted by molar-refractivity contribution is 5.95. The molecule has 0 unspecified atom stereocenters. The van der Waals surface area contributed by atoms with Crippen molar-refractivity contribution in [3.63, 3.8) is 0 Å². The molecule has 3 aromatic rings. The van der Waals surface area contributed by atoms with E-state index in [9.17, 15) is 15.2 Å². The summed E-state index contributed by atoms with van der Waals surface area (Å²) in [5, 5.41) is 22.1. The molecule has 10 heteroatoms. The number of aromatic hydroxyl groups is 1. The van der Waals surface area contributed by atoms with Crippen LogP contribution in [0.1, 0.15) is 37.4 Å². The zero-order valence-corrected chi connectivity index (χ0v) is 24.9. The van der Waals surface area contributed by atoms with Crippen molar-refractivity contribution in [3.8, 4) is 17.8 Å². The largest absolute Gasteiger partial charge is 0.508 e. The molecule has 3 aliphatic heterocycles. The number of rotatable bonds is 7. The van der Waals surface area contributed by atoms with Crippen molar-refractivity contribution in [3.05, 3.63) is 60.3 Å². The number of likely N-dealkylation sites (N-methyl/N-ethyl adjacent to an activating group) is 1. The number of piperazine rings is 1. The van der Waals surface area contributed by atoms with E-state index >= 15 is 0 Å².